The Morgan fingerprint density at radius 3 is 2.03 bits per heavy atom. The Labute approximate surface area is 201 Å². The van der Waals surface area contributed by atoms with Crippen molar-refractivity contribution in [3.63, 3.8) is 0 Å². The molecule has 0 aliphatic carbocycles. The molecule has 1 atom stereocenters. The number of hydrogen-bond donors (Lipinski definition) is 1. The van der Waals surface area contributed by atoms with Crippen LogP contribution >= 0.6 is 0 Å². The van der Waals surface area contributed by atoms with E-state index in [9.17, 15) is 9.59 Å². The third-order valence-corrected chi connectivity index (χ3v) is 5.44. The summed E-state index contributed by atoms with van der Waals surface area (Å²) in [6.07, 6.45) is 1.23. The highest BCUT2D eigenvalue weighted by molar-refractivity contribution is 5.88. The van der Waals surface area contributed by atoms with Gasteiger partial charge in [-0.2, -0.15) is 0 Å². The predicted molar refractivity (Wildman–Crippen MR) is 133 cm³/mol. The molecule has 6 heteroatoms. The molecule has 3 aromatic rings. The molecule has 0 saturated carbocycles. The Kier molecular flexibility index (Phi) is 9.52. The summed E-state index contributed by atoms with van der Waals surface area (Å²) in [4.78, 5) is 28.3. The first-order valence-corrected chi connectivity index (χ1v) is 11.5. The molecule has 0 aromatic heterocycles. The molecule has 0 aliphatic rings. The number of ether oxygens (including phenoxy) is 2. The van der Waals surface area contributed by atoms with Crippen LogP contribution in [0.15, 0.2) is 84.9 Å². The Bertz CT molecular complexity index is 1020. The largest absolute Gasteiger partial charge is 0.497 e. The average Bonchev–Trinajstić information content (AvgIpc) is 2.89. The Hall–Kier alpha value is -3.80. The van der Waals surface area contributed by atoms with Crippen LogP contribution in [0, 0.1) is 0 Å². The maximum absolute atomic E-state index is 13.5. The Balaban J connectivity index is 1.84. The van der Waals surface area contributed by atoms with E-state index in [0.717, 1.165) is 17.5 Å². The van der Waals surface area contributed by atoms with Crippen molar-refractivity contribution >= 4 is 11.8 Å². The topological polar surface area (TPSA) is 67.9 Å². The SMILES string of the molecule is CCCNC(=O)C(Cc1ccccc1)N(Cc1ccccc1)C(=O)COc1ccc(OC)cc1. The molecule has 1 N–H and O–H groups in total. The summed E-state index contributed by atoms with van der Waals surface area (Å²) < 4.78 is 10.9. The quantitative estimate of drug-likeness (QED) is 0.439. The van der Waals surface area contributed by atoms with Crippen molar-refractivity contribution in [1.29, 1.82) is 0 Å². The fourth-order valence-corrected chi connectivity index (χ4v) is 3.60. The van der Waals surface area contributed by atoms with Crippen LogP contribution in [-0.4, -0.2) is 43.0 Å². The zero-order valence-electron chi connectivity index (χ0n) is 19.8. The molecular formula is C28H32N2O4. The number of nitrogens with one attached hydrogen (secondary N) is 1. The predicted octanol–water partition coefficient (Wildman–Crippen LogP) is 4.24. The number of nitrogens with zero attached hydrogens (tertiary/aromatic N) is 1. The number of benzene rings is 3. The summed E-state index contributed by atoms with van der Waals surface area (Å²) in [5, 5.41) is 2.97. The smallest absolute Gasteiger partial charge is 0.261 e. The van der Waals surface area contributed by atoms with Gasteiger partial charge in [0.25, 0.3) is 5.91 Å². The van der Waals surface area contributed by atoms with Gasteiger partial charge in [0.15, 0.2) is 6.61 Å². The van der Waals surface area contributed by atoms with E-state index in [2.05, 4.69) is 5.32 Å². The van der Waals surface area contributed by atoms with Crippen molar-refractivity contribution in [1.82, 2.24) is 10.2 Å². The highest BCUT2D eigenvalue weighted by Gasteiger charge is 2.30. The normalized spacial score (nSPS) is 11.4. The van der Waals surface area contributed by atoms with Gasteiger partial charge in [-0.15, -0.1) is 0 Å². The van der Waals surface area contributed by atoms with Crippen molar-refractivity contribution in [2.45, 2.75) is 32.4 Å². The van der Waals surface area contributed by atoms with E-state index < -0.39 is 6.04 Å². The molecule has 0 spiro atoms. The van der Waals surface area contributed by atoms with E-state index in [4.69, 9.17) is 9.47 Å². The number of carbonyl (C=O) groups is 2. The standard InChI is InChI=1S/C28H32N2O4/c1-3-18-29-28(32)26(19-22-10-6-4-7-11-22)30(20-23-12-8-5-9-13-23)27(31)21-34-25-16-14-24(33-2)15-17-25/h4-17,26H,3,18-21H2,1-2H3,(H,29,32). The number of amides is 2. The molecule has 1 unspecified atom stereocenters. The minimum absolute atomic E-state index is 0.167. The highest BCUT2D eigenvalue weighted by Crippen LogP contribution is 2.19. The van der Waals surface area contributed by atoms with Gasteiger partial charge < -0.3 is 19.7 Å². The van der Waals surface area contributed by atoms with Gasteiger partial charge in [-0.3, -0.25) is 9.59 Å². The van der Waals surface area contributed by atoms with E-state index in [-0.39, 0.29) is 18.4 Å². The van der Waals surface area contributed by atoms with Crippen LogP contribution in [0.1, 0.15) is 24.5 Å². The van der Waals surface area contributed by atoms with Gasteiger partial charge in [0.1, 0.15) is 17.5 Å². The molecule has 34 heavy (non-hydrogen) atoms. The zero-order valence-corrected chi connectivity index (χ0v) is 19.8. The van der Waals surface area contributed by atoms with Crippen LogP contribution in [0.2, 0.25) is 0 Å². The third-order valence-electron chi connectivity index (χ3n) is 5.44. The van der Waals surface area contributed by atoms with E-state index in [0.29, 0.717) is 31.0 Å². The van der Waals surface area contributed by atoms with Crippen LogP contribution < -0.4 is 14.8 Å². The first kappa shape index (κ1) is 24.8. The summed E-state index contributed by atoms with van der Waals surface area (Å²) in [7, 11) is 1.59. The molecular weight excluding hydrogens is 428 g/mol. The molecule has 0 saturated heterocycles. The van der Waals surface area contributed by atoms with Gasteiger partial charge in [0.2, 0.25) is 5.91 Å². The minimum Gasteiger partial charge on any atom is -0.497 e. The van der Waals surface area contributed by atoms with Crippen molar-refractivity contribution < 1.29 is 19.1 Å². The lowest BCUT2D eigenvalue weighted by atomic mass is 10.0. The van der Waals surface area contributed by atoms with E-state index in [1.807, 2.05) is 67.6 Å². The second-order valence-corrected chi connectivity index (χ2v) is 7.97. The van der Waals surface area contributed by atoms with E-state index in [1.54, 1.807) is 36.3 Å². The lowest BCUT2D eigenvalue weighted by Crippen LogP contribution is -2.51. The minimum atomic E-state index is -0.666. The third kappa shape index (κ3) is 7.37. The van der Waals surface area contributed by atoms with Crippen LogP contribution in [0.5, 0.6) is 11.5 Å². The van der Waals surface area contributed by atoms with Gasteiger partial charge in [-0.25, -0.2) is 0 Å². The Morgan fingerprint density at radius 1 is 0.853 bits per heavy atom. The molecule has 0 aliphatic heterocycles. The lowest BCUT2D eigenvalue weighted by molar-refractivity contribution is -0.142. The first-order chi connectivity index (χ1) is 16.6. The number of carbonyl (C=O) groups excluding carboxylic acids is 2. The fourth-order valence-electron chi connectivity index (χ4n) is 3.60. The molecule has 2 amide bonds. The maximum Gasteiger partial charge on any atom is 0.261 e. The maximum atomic E-state index is 13.5. The lowest BCUT2D eigenvalue weighted by Gasteiger charge is -2.31. The molecule has 3 aromatic carbocycles. The monoisotopic (exact) mass is 460 g/mol. The van der Waals surface area contributed by atoms with Gasteiger partial charge in [-0.05, 0) is 41.8 Å². The molecule has 0 bridgehead atoms. The number of hydrogen-bond acceptors (Lipinski definition) is 4. The van der Waals surface area contributed by atoms with Crippen LogP contribution in [0.25, 0.3) is 0 Å². The van der Waals surface area contributed by atoms with Gasteiger partial charge >= 0.3 is 0 Å². The van der Waals surface area contributed by atoms with Gasteiger partial charge in [-0.1, -0.05) is 67.6 Å². The summed E-state index contributed by atoms with van der Waals surface area (Å²) in [5.41, 5.74) is 1.93. The van der Waals surface area contributed by atoms with Crippen LogP contribution in [-0.2, 0) is 22.6 Å². The van der Waals surface area contributed by atoms with Crippen molar-refractivity contribution in [3.05, 3.63) is 96.1 Å². The molecule has 3 rings (SSSR count). The molecule has 0 radical (unpaired) electrons. The molecule has 178 valence electrons. The zero-order chi connectivity index (χ0) is 24.2. The molecule has 6 nitrogen and oxygen atoms in total. The molecule has 0 fully saturated rings. The van der Waals surface area contributed by atoms with E-state index >= 15 is 0 Å². The summed E-state index contributed by atoms with van der Waals surface area (Å²) in [5.74, 6) is 0.843. The van der Waals surface area contributed by atoms with Crippen LogP contribution in [0.4, 0.5) is 0 Å². The van der Waals surface area contributed by atoms with E-state index in [1.165, 1.54) is 0 Å². The highest BCUT2D eigenvalue weighted by atomic mass is 16.5. The van der Waals surface area contributed by atoms with Crippen LogP contribution in [0.3, 0.4) is 0 Å². The van der Waals surface area contributed by atoms with Gasteiger partial charge in [0, 0.05) is 19.5 Å². The average molecular weight is 461 g/mol. The number of methoxy groups -OCH3 is 1. The second kappa shape index (κ2) is 13.0. The Morgan fingerprint density at radius 2 is 1.44 bits per heavy atom. The summed E-state index contributed by atoms with van der Waals surface area (Å²) in [6, 6.07) is 25.8. The second-order valence-electron chi connectivity index (χ2n) is 7.97. The summed E-state index contributed by atoms with van der Waals surface area (Å²) >= 11 is 0. The van der Waals surface area contributed by atoms with Gasteiger partial charge in [0.05, 0.1) is 7.11 Å². The van der Waals surface area contributed by atoms with Crippen molar-refractivity contribution in [2.24, 2.45) is 0 Å². The number of rotatable bonds is 12. The first-order valence-electron chi connectivity index (χ1n) is 11.5. The van der Waals surface area contributed by atoms with Crippen molar-refractivity contribution in [2.75, 3.05) is 20.3 Å². The fraction of sp³-hybridized carbons (Fsp3) is 0.286. The van der Waals surface area contributed by atoms with Crippen molar-refractivity contribution in [3.8, 4) is 11.5 Å². The summed E-state index contributed by atoms with van der Waals surface area (Å²) in [6.45, 7) is 2.69. The molecule has 0 heterocycles.